The third kappa shape index (κ3) is 6.23. The van der Waals surface area contributed by atoms with Crippen molar-refractivity contribution in [2.24, 2.45) is 0 Å². The molecule has 0 saturated heterocycles. The number of hydrogen-bond donors (Lipinski definition) is 2. The average molecular weight is 478 g/mol. The van der Waals surface area contributed by atoms with Gasteiger partial charge in [-0.25, -0.2) is 4.98 Å². The molecule has 178 valence electrons. The Labute approximate surface area is 204 Å². The first kappa shape index (κ1) is 24.0. The van der Waals surface area contributed by atoms with Gasteiger partial charge in [-0.15, -0.1) is 11.3 Å². The number of nitrogens with one attached hydrogen (secondary N) is 2. The van der Waals surface area contributed by atoms with Gasteiger partial charge in [0, 0.05) is 23.0 Å². The van der Waals surface area contributed by atoms with Gasteiger partial charge in [0.2, 0.25) is 0 Å². The van der Waals surface area contributed by atoms with E-state index in [1.165, 1.54) is 22.5 Å². The lowest BCUT2D eigenvalue weighted by atomic mass is 9.90. The number of aryl methyl sites for hydroxylation is 2. The lowest BCUT2D eigenvalue weighted by Crippen LogP contribution is -2.53. The second-order valence-corrected chi connectivity index (χ2v) is 9.67. The second kappa shape index (κ2) is 11.3. The van der Waals surface area contributed by atoms with Crippen LogP contribution in [0.4, 0.5) is 0 Å². The van der Waals surface area contributed by atoms with Gasteiger partial charge in [0.1, 0.15) is 23.1 Å². The van der Waals surface area contributed by atoms with E-state index in [4.69, 9.17) is 4.74 Å². The van der Waals surface area contributed by atoms with Crippen molar-refractivity contribution in [3.05, 3.63) is 81.3 Å². The van der Waals surface area contributed by atoms with Gasteiger partial charge in [0.15, 0.2) is 0 Å². The molecule has 1 aromatic heterocycles. The highest BCUT2D eigenvalue weighted by Gasteiger charge is 2.29. The van der Waals surface area contributed by atoms with Gasteiger partial charge in [-0.3, -0.25) is 9.59 Å². The molecule has 1 aliphatic carbocycles. The Morgan fingerprint density at radius 2 is 1.62 bits per heavy atom. The number of carbonyl (C=O) groups is 2. The highest BCUT2D eigenvalue weighted by Crippen LogP contribution is 2.21. The van der Waals surface area contributed by atoms with E-state index in [2.05, 4.69) is 22.5 Å². The maximum Gasteiger partial charge on any atom is 0.271 e. The monoisotopic (exact) mass is 477 g/mol. The van der Waals surface area contributed by atoms with Crippen molar-refractivity contribution >= 4 is 23.2 Å². The molecule has 2 atom stereocenters. The molecule has 0 radical (unpaired) electrons. The lowest BCUT2D eigenvalue weighted by molar-refractivity contribution is 0.0860. The standard InChI is InChI=1S/C27H31N3O3S/c1-3-19-10-12-20(13-11-19)26(31)29-22-6-4-5-7-23(22)30-27(32)24-17-34-25(28-24)16-33-21-14-8-18(2)9-15-21/h8-15,17,22-23H,3-7,16H2,1-2H3,(H,29,31)(H,30,32). The van der Waals surface area contributed by atoms with E-state index in [1.807, 2.05) is 55.5 Å². The van der Waals surface area contributed by atoms with Crippen molar-refractivity contribution in [2.75, 3.05) is 0 Å². The maximum absolute atomic E-state index is 12.9. The molecule has 3 aromatic rings. The molecule has 2 N–H and O–H groups in total. The van der Waals surface area contributed by atoms with Crippen molar-refractivity contribution in [2.45, 2.75) is 64.6 Å². The number of amides is 2. The third-order valence-corrected chi connectivity index (χ3v) is 7.01. The zero-order valence-corrected chi connectivity index (χ0v) is 20.5. The number of hydrogen-bond acceptors (Lipinski definition) is 5. The predicted octanol–water partition coefficient (Wildman–Crippen LogP) is 5.06. The van der Waals surface area contributed by atoms with E-state index in [0.717, 1.165) is 42.9 Å². The van der Waals surface area contributed by atoms with Crippen LogP contribution in [0, 0.1) is 6.92 Å². The normalized spacial score (nSPS) is 17.7. The van der Waals surface area contributed by atoms with E-state index >= 15 is 0 Å². The third-order valence-electron chi connectivity index (χ3n) is 6.19. The number of nitrogens with zero attached hydrogens (tertiary/aromatic N) is 1. The van der Waals surface area contributed by atoms with Crippen molar-refractivity contribution in [3.63, 3.8) is 0 Å². The van der Waals surface area contributed by atoms with Gasteiger partial charge >= 0.3 is 0 Å². The van der Waals surface area contributed by atoms with Gasteiger partial charge in [0.05, 0.1) is 0 Å². The Hall–Kier alpha value is -3.19. The van der Waals surface area contributed by atoms with Crippen LogP contribution in [0.2, 0.25) is 0 Å². The van der Waals surface area contributed by atoms with Crippen LogP contribution < -0.4 is 15.4 Å². The minimum Gasteiger partial charge on any atom is -0.486 e. The molecule has 34 heavy (non-hydrogen) atoms. The van der Waals surface area contributed by atoms with E-state index < -0.39 is 0 Å². The second-order valence-electron chi connectivity index (χ2n) is 8.72. The largest absolute Gasteiger partial charge is 0.486 e. The quantitative estimate of drug-likeness (QED) is 0.475. The van der Waals surface area contributed by atoms with Crippen LogP contribution in [-0.2, 0) is 13.0 Å². The zero-order valence-electron chi connectivity index (χ0n) is 19.7. The predicted molar refractivity (Wildman–Crippen MR) is 134 cm³/mol. The Morgan fingerprint density at radius 3 is 2.26 bits per heavy atom. The molecule has 0 spiro atoms. The summed E-state index contributed by atoms with van der Waals surface area (Å²) >= 11 is 1.41. The van der Waals surface area contributed by atoms with E-state index in [0.29, 0.717) is 17.9 Å². The number of thiazole rings is 1. The number of benzene rings is 2. The molecular formula is C27H31N3O3S. The SMILES string of the molecule is CCc1ccc(C(=O)NC2CCCCC2NC(=O)c2csc(COc3ccc(C)cc3)n2)cc1. The first-order chi connectivity index (χ1) is 16.5. The summed E-state index contributed by atoms with van der Waals surface area (Å²) in [5.74, 6) is 0.464. The Kier molecular flexibility index (Phi) is 7.95. The van der Waals surface area contributed by atoms with Gasteiger partial charge in [-0.1, -0.05) is 49.6 Å². The summed E-state index contributed by atoms with van der Waals surface area (Å²) < 4.78 is 5.78. The highest BCUT2D eigenvalue weighted by atomic mass is 32.1. The summed E-state index contributed by atoms with van der Waals surface area (Å²) in [7, 11) is 0. The van der Waals surface area contributed by atoms with Gasteiger partial charge in [-0.2, -0.15) is 0 Å². The summed E-state index contributed by atoms with van der Waals surface area (Å²) in [6.45, 7) is 4.44. The minimum absolute atomic E-state index is 0.0981. The molecule has 2 unspecified atom stereocenters. The summed E-state index contributed by atoms with van der Waals surface area (Å²) in [4.78, 5) is 30.1. The van der Waals surface area contributed by atoms with Gasteiger partial charge in [-0.05, 0) is 56.0 Å². The molecular weight excluding hydrogens is 446 g/mol. The van der Waals surface area contributed by atoms with Gasteiger partial charge in [0.25, 0.3) is 11.8 Å². The molecule has 0 aliphatic heterocycles. The Balaban J connectivity index is 1.33. The fourth-order valence-corrected chi connectivity index (χ4v) is 4.81. The molecule has 6 nitrogen and oxygen atoms in total. The van der Waals surface area contributed by atoms with E-state index in [9.17, 15) is 9.59 Å². The molecule has 0 bridgehead atoms. The summed E-state index contributed by atoms with van der Waals surface area (Å²) in [6, 6.07) is 15.3. The van der Waals surface area contributed by atoms with Crippen LogP contribution in [-0.4, -0.2) is 28.9 Å². The molecule has 1 saturated carbocycles. The molecule has 4 rings (SSSR count). The molecule has 2 aromatic carbocycles. The molecule has 1 aliphatic rings. The maximum atomic E-state index is 12.9. The topological polar surface area (TPSA) is 80.3 Å². The molecule has 1 fully saturated rings. The first-order valence-corrected chi connectivity index (χ1v) is 12.7. The van der Waals surface area contributed by atoms with Crippen LogP contribution in [0.1, 0.15) is 69.6 Å². The number of aromatic nitrogens is 1. The van der Waals surface area contributed by atoms with Crippen molar-refractivity contribution in [3.8, 4) is 5.75 Å². The highest BCUT2D eigenvalue weighted by molar-refractivity contribution is 7.09. The zero-order chi connectivity index (χ0) is 23.9. The van der Waals surface area contributed by atoms with Crippen molar-refractivity contribution in [1.29, 1.82) is 0 Å². The molecule has 2 amide bonds. The van der Waals surface area contributed by atoms with Crippen LogP contribution in [0.15, 0.2) is 53.9 Å². The smallest absolute Gasteiger partial charge is 0.271 e. The van der Waals surface area contributed by atoms with Crippen LogP contribution in [0.25, 0.3) is 0 Å². The number of carbonyl (C=O) groups excluding carboxylic acids is 2. The summed E-state index contributed by atoms with van der Waals surface area (Å²) in [5, 5.41) is 8.74. The summed E-state index contributed by atoms with van der Waals surface area (Å²) in [5.41, 5.74) is 3.40. The van der Waals surface area contributed by atoms with Crippen LogP contribution in [0.3, 0.4) is 0 Å². The molecule has 1 heterocycles. The van der Waals surface area contributed by atoms with Crippen molar-refractivity contribution in [1.82, 2.24) is 15.6 Å². The van der Waals surface area contributed by atoms with E-state index in [1.54, 1.807) is 5.38 Å². The Bertz CT molecular complexity index is 1110. The van der Waals surface area contributed by atoms with Gasteiger partial charge < -0.3 is 15.4 Å². The average Bonchev–Trinajstić information content (AvgIpc) is 3.34. The Morgan fingerprint density at radius 1 is 0.971 bits per heavy atom. The number of rotatable bonds is 8. The fourth-order valence-electron chi connectivity index (χ4n) is 4.12. The number of ether oxygens (including phenoxy) is 1. The van der Waals surface area contributed by atoms with Crippen LogP contribution in [0.5, 0.6) is 5.75 Å². The van der Waals surface area contributed by atoms with Crippen molar-refractivity contribution < 1.29 is 14.3 Å². The fraction of sp³-hybridized carbons (Fsp3) is 0.370. The lowest BCUT2D eigenvalue weighted by Gasteiger charge is -2.32. The molecule has 7 heteroatoms. The van der Waals surface area contributed by atoms with Crippen LogP contribution >= 0.6 is 11.3 Å². The summed E-state index contributed by atoms with van der Waals surface area (Å²) in [6.07, 6.45) is 4.67. The van der Waals surface area contributed by atoms with E-state index in [-0.39, 0.29) is 23.9 Å². The first-order valence-electron chi connectivity index (χ1n) is 11.9. The minimum atomic E-state index is -0.212.